The number of benzene rings is 1. The molecule has 1 rings (SSSR count). The van der Waals surface area contributed by atoms with Crippen LogP contribution in [0.3, 0.4) is 0 Å². The van der Waals surface area contributed by atoms with E-state index in [0.29, 0.717) is 12.2 Å². The third-order valence-electron chi connectivity index (χ3n) is 2.57. The van der Waals surface area contributed by atoms with Crippen LogP contribution >= 0.6 is 11.6 Å². The molecule has 0 atom stereocenters. The third-order valence-corrected chi connectivity index (χ3v) is 2.85. The summed E-state index contributed by atoms with van der Waals surface area (Å²) >= 11 is 5.89. The smallest absolute Gasteiger partial charge is 0.176 e. The van der Waals surface area contributed by atoms with E-state index in [1.54, 1.807) is 19.1 Å². The largest absolute Gasteiger partial charge is 0.503 e. The standard InChI is InChI=1S/C15H11ClN4O2/c1-2-22-13-5-9(4-12(16)15(13)21)3-10(6-17)14(20)11(7-18)8-19/h3-5,21H,2,20H2,1H3/b10-3+. The summed E-state index contributed by atoms with van der Waals surface area (Å²) < 4.78 is 5.23. The maximum atomic E-state index is 9.76. The summed E-state index contributed by atoms with van der Waals surface area (Å²) in [6.07, 6.45) is 1.35. The Kier molecular flexibility index (Phi) is 5.84. The lowest BCUT2D eigenvalue weighted by atomic mass is 10.1. The summed E-state index contributed by atoms with van der Waals surface area (Å²) in [6.45, 7) is 2.06. The van der Waals surface area contributed by atoms with Crippen molar-refractivity contribution in [1.29, 1.82) is 15.8 Å². The lowest BCUT2D eigenvalue weighted by Gasteiger charge is -2.09. The fourth-order valence-corrected chi connectivity index (χ4v) is 1.78. The number of nitrogens with zero attached hydrogens (tertiary/aromatic N) is 3. The van der Waals surface area contributed by atoms with E-state index < -0.39 is 0 Å². The first-order chi connectivity index (χ1) is 10.5. The maximum Gasteiger partial charge on any atom is 0.176 e. The predicted molar refractivity (Wildman–Crippen MR) is 80.3 cm³/mol. The number of ether oxygens (including phenoxy) is 1. The fraction of sp³-hybridized carbons (Fsp3) is 0.133. The minimum absolute atomic E-state index is 0.0397. The van der Waals surface area contributed by atoms with Crippen molar-refractivity contribution in [1.82, 2.24) is 0 Å². The highest BCUT2D eigenvalue weighted by atomic mass is 35.5. The monoisotopic (exact) mass is 314 g/mol. The Labute approximate surface area is 132 Å². The van der Waals surface area contributed by atoms with Crippen molar-refractivity contribution in [2.45, 2.75) is 6.92 Å². The Hall–Kier alpha value is -3.14. The van der Waals surface area contributed by atoms with Crippen LogP contribution in [0.4, 0.5) is 0 Å². The predicted octanol–water partition coefficient (Wildman–Crippen LogP) is 2.61. The molecule has 6 nitrogen and oxygen atoms in total. The number of halogens is 1. The van der Waals surface area contributed by atoms with Gasteiger partial charge >= 0.3 is 0 Å². The van der Waals surface area contributed by atoms with Crippen LogP contribution < -0.4 is 10.5 Å². The second kappa shape index (κ2) is 7.59. The summed E-state index contributed by atoms with van der Waals surface area (Å²) in [5, 5.41) is 36.5. The van der Waals surface area contributed by atoms with Gasteiger partial charge in [-0.05, 0) is 30.7 Å². The van der Waals surface area contributed by atoms with Crippen molar-refractivity contribution in [2.24, 2.45) is 5.73 Å². The highest BCUT2D eigenvalue weighted by molar-refractivity contribution is 6.32. The van der Waals surface area contributed by atoms with Crippen LogP contribution in [0.5, 0.6) is 11.5 Å². The Balaban J connectivity index is 3.44. The first kappa shape index (κ1) is 16.9. The van der Waals surface area contributed by atoms with Crippen LogP contribution in [0.25, 0.3) is 6.08 Å². The van der Waals surface area contributed by atoms with Crippen molar-refractivity contribution < 1.29 is 9.84 Å². The van der Waals surface area contributed by atoms with Gasteiger partial charge in [0.2, 0.25) is 0 Å². The van der Waals surface area contributed by atoms with Gasteiger partial charge < -0.3 is 15.6 Å². The number of phenolic OH excluding ortho intramolecular Hbond substituents is 1. The van der Waals surface area contributed by atoms with Gasteiger partial charge in [0.15, 0.2) is 17.1 Å². The molecule has 0 bridgehead atoms. The quantitative estimate of drug-likeness (QED) is 0.649. The van der Waals surface area contributed by atoms with E-state index in [0.717, 1.165) is 0 Å². The zero-order valence-electron chi connectivity index (χ0n) is 11.6. The summed E-state index contributed by atoms with van der Waals surface area (Å²) in [6, 6.07) is 7.92. The normalized spacial score (nSPS) is 10.0. The molecular weight excluding hydrogens is 304 g/mol. The molecule has 0 unspecified atom stereocenters. The fourth-order valence-electron chi connectivity index (χ4n) is 1.56. The van der Waals surface area contributed by atoms with Gasteiger partial charge in [-0.2, -0.15) is 15.8 Å². The average Bonchev–Trinajstić information content (AvgIpc) is 2.50. The van der Waals surface area contributed by atoms with Gasteiger partial charge in [-0.3, -0.25) is 0 Å². The van der Waals surface area contributed by atoms with Gasteiger partial charge in [-0.1, -0.05) is 11.6 Å². The molecule has 0 fully saturated rings. The van der Waals surface area contributed by atoms with Crippen LogP contribution in [-0.2, 0) is 0 Å². The zero-order valence-corrected chi connectivity index (χ0v) is 12.3. The van der Waals surface area contributed by atoms with Crippen molar-refractivity contribution in [3.63, 3.8) is 0 Å². The van der Waals surface area contributed by atoms with Crippen LogP contribution in [0, 0.1) is 34.0 Å². The number of nitriles is 3. The van der Waals surface area contributed by atoms with Crippen LogP contribution in [0.2, 0.25) is 5.02 Å². The molecule has 1 aromatic rings. The first-order valence-corrected chi connectivity index (χ1v) is 6.43. The van der Waals surface area contributed by atoms with E-state index in [2.05, 4.69) is 0 Å². The molecule has 1 aromatic carbocycles. The molecule has 0 aliphatic heterocycles. The number of nitrogens with two attached hydrogens (primary N) is 1. The van der Waals surface area contributed by atoms with Crippen molar-refractivity contribution >= 4 is 17.7 Å². The number of rotatable bonds is 4. The minimum Gasteiger partial charge on any atom is -0.503 e. The molecule has 0 heterocycles. The Morgan fingerprint density at radius 1 is 1.32 bits per heavy atom. The highest BCUT2D eigenvalue weighted by Crippen LogP contribution is 2.36. The number of phenols is 1. The summed E-state index contributed by atoms with van der Waals surface area (Å²) in [5.74, 6) is -0.0562. The average molecular weight is 315 g/mol. The number of allylic oxidation sites excluding steroid dienone is 2. The van der Waals surface area contributed by atoms with Crippen LogP contribution in [0.15, 0.2) is 29.0 Å². The van der Waals surface area contributed by atoms with E-state index in [1.165, 1.54) is 18.2 Å². The molecule has 0 aromatic heterocycles. The van der Waals surface area contributed by atoms with Gasteiger partial charge in [0.1, 0.15) is 18.2 Å². The molecule has 3 N–H and O–H groups in total. The van der Waals surface area contributed by atoms with Gasteiger partial charge in [0.05, 0.1) is 22.9 Å². The molecule has 0 saturated heterocycles. The Morgan fingerprint density at radius 2 is 1.95 bits per heavy atom. The van der Waals surface area contributed by atoms with Crippen LogP contribution in [-0.4, -0.2) is 11.7 Å². The minimum atomic E-state index is -0.359. The molecule has 0 amide bonds. The van der Waals surface area contributed by atoms with E-state index in [9.17, 15) is 5.11 Å². The van der Waals surface area contributed by atoms with Gasteiger partial charge in [0, 0.05) is 0 Å². The molecule has 7 heteroatoms. The molecule has 22 heavy (non-hydrogen) atoms. The molecule has 0 spiro atoms. The van der Waals surface area contributed by atoms with Crippen molar-refractivity contribution in [2.75, 3.05) is 6.61 Å². The summed E-state index contributed by atoms with van der Waals surface area (Å²) in [4.78, 5) is 0. The van der Waals surface area contributed by atoms with E-state index >= 15 is 0 Å². The lowest BCUT2D eigenvalue weighted by Crippen LogP contribution is -2.03. The van der Waals surface area contributed by atoms with Crippen molar-refractivity contribution in [3.05, 3.63) is 39.6 Å². The first-order valence-electron chi connectivity index (χ1n) is 6.05. The maximum absolute atomic E-state index is 9.76. The van der Waals surface area contributed by atoms with E-state index in [-0.39, 0.29) is 33.4 Å². The number of hydrogen-bond acceptors (Lipinski definition) is 6. The molecule has 0 radical (unpaired) electrons. The second-order valence-electron chi connectivity index (χ2n) is 3.96. The Bertz CT molecular complexity index is 760. The molecule has 110 valence electrons. The summed E-state index contributed by atoms with van der Waals surface area (Å²) in [7, 11) is 0. The third kappa shape index (κ3) is 3.70. The SMILES string of the molecule is CCOc1cc(/C=C(\C#N)C(N)=C(C#N)C#N)cc(Cl)c1O. The van der Waals surface area contributed by atoms with Gasteiger partial charge in [-0.25, -0.2) is 0 Å². The number of aromatic hydroxyl groups is 1. The summed E-state index contributed by atoms with van der Waals surface area (Å²) in [5.41, 5.74) is 5.41. The van der Waals surface area contributed by atoms with Gasteiger partial charge in [0.25, 0.3) is 0 Å². The van der Waals surface area contributed by atoms with Gasteiger partial charge in [-0.15, -0.1) is 0 Å². The van der Waals surface area contributed by atoms with E-state index in [4.69, 9.17) is 37.9 Å². The van der Waals surface area contributed by atoms with Crippen LogP contribution in [0.1, 0.15) is 12.5 Å². The topological polar surface area (TPSA) is 127 Å². The van der Waals surface area contributed by atoms with E-state index in [1.807, 2.05) is 6.07 Å². The molecule has 0 aliphatic carbocycles. The Morgan fingerprint density at radius 3 is 2.45 bits per heavy atom. The second-order valence-corrected chi connectivity index (χ2v) is 4.37. The molecule has 0 aliphatic rings. The number of hydrogen-bond donors (Lipinski definition) is 2. The zero-order chi connectivity index (χ0) is 16.7. The lowest BCUT2D eigenvalue weighted by molar-refractivity contribution is 0.318. The van der Waals surface area contributed by atoms with Crippen molar-refractivity contribution in [3.8, 4) is 29.7 Å². The molecule has 0 saturated carbocycles. The highest BCUT2D eigenvalue weighted by Gasteiger charge is 2.11. The molecular formula is C15H11ClN4O2.